The summed E-state index contributed by atoms with van der Waals surface area (Å²) in [6, 6.07) is 0. The van der Waals surface area contributed by atoms with Crippen LogP contribution in [0.2, 0.25) is 0 Å². The molecule has 0 heterocycles. The Balaban J connectivity index is 1.87. The minimum Gasteiger partial charge on any atom is -0.481 e. The minimum absolute atomic E-state index is 0.367. The van der Waals surface area contributed by atoms with E-state index in [0.29, 0.717) is 12.3 Å². The van der Waals surface area contributed by atoms with Crippen molar-refractivity contribution in [2.45, 2.75) is 58.3 Å². The quantitative estimate of drug-likeness (QED) is 0.793. The first-order valence-corrected chi connectivity index (χ1v) is 6.88. The Morgan fingerprint density at radius 1 is 1.19 bits per heavy atom. The Hall–Kier alpha value is -0.530. The van der Waals surface area contributed by atoms with Crippen LogP contribution in [0.4, 0.5) is 0 Å². The van der Waals surface area contributed by atoms with Crippen molar-refractivity contribution in [3.63, 3.8) is 0 Å². The summed E-state index contributed by atoms with van der Waals surface area (Å²) in [7, 11) is 0. The molecule has 4 unspecified atom stereocenters. The van der Waals surface area contributed by atoms with E-state index in [1.54, 1.807) is 0 Å². The highest BCUT2D eigenvalue weighted by Crippen LogP contribution is 2.46. The number of carboxylic acid groups (broad SMARTS) is 1. The fraction of sp³-hybridized carbons (Fsp3) is 0.929. The van der Waals surface area contributed by atoms with E-state index < -0.39 is 5.97 Å². The van der Waals surface area contributed by atoms with Gasteiger partial charge in [-0.3, -0.25) is 4.79 Å². The van der Waals surface area contributed by atoms with E-state index >= 15 is 0 Å². The number of hydrogen-bond acceptors (Lipinski definition) is 1. The molecule has 2 aliphatic rings. The normalized spacial score (nSPS) is 39.1. The van der Waals surface area contributed by atoms with Crippen molar-refractivity contribution in [1.29, 1.82) is 0 Å². The third-order valence-corrected chi connectivity index (χ3v) is 4.88. The summed E-state index contributed by atoms with van der Waals surface area (Å²) < 4.78 is 0. The summed E-state index contributed by atoms with van der Waals surface area (Å²) in [6.07, 6.45) is 9.59. The highest BCUT2D eigenvalue weighted by atomic mass is 16.4. The summed E-state index contributed by atoms with van der Waals surface area (Å²) >= 11 is 0. The maximum atomic E-state index is 10.6. The standard InChI is InChI=1S/C14H24O2/c1-10-8-12-4-2-3-5-13(12)9-11(10)6-7-14(15)16/h10-13H,2-9H2,1H3,(H,15,16). The van der Waals surface area contributed by atoms with Gasteiger partial charge in [0.2, 0.25) is 0 Å². The molecule has 4 atom stereocenters. The molecule has 2 heteroatoms. The summed E-state index contributed by atoms with van der Waals surface area (Å²) in [5.41, 5.74) is 0. The van der Waals surface area contributed by atoms with Gasteiger partial charge in [-0.05, 0) is 42.9 Å². The Morgan fingerprint density at radius 2 is 1.81 bits per heavy atom. The molecule has 0 radical (unpaired) electrons. The minimum atomic E-state index is -0.627. The number of carboxylic acids is 1. The molecule has 2 aliphatic carbocycles. The van der Waals surface area contributed by atoms with Gasteiger partial charge in [-0.15, -0.1) is 0 Å². The number of fused-ring (bicyclic) bond motifs is 1. The third kappa shape index (κ3) is 2.78. The molecule has 2 rings (SSSR count). The van der Waals surface area contributed by atoms with Crippen LogP contribution in [0.5, 0.6) is 0 Å². The Bertz CT molecular complexity index is 249. The molecule has 2 nitrogen and oxygen atoms in total. The predicted octanol–water partition coefficient (Wildman–Crippen LogP) is 3.70. The zero-order valence-corrected chi connectivity index (χ0v) is 10.3. The van der Waals surface area contributed by atoms with Crippen LogP contribution in [-0.2, 0) is 4.79 Å². The van der Waals surface area contributed by atoms with Crippen molar-refractivity contribution < 1.29 is 9.90 Å². The second kappa shape index (κ2) is 5.20. The lowest BCUT2D eigenvalue weighted by Crippen LogP contribution is -2.32. The van der Waals surface area contributed by atoms with Gasteiger partial charge in [0.05, 0.1) is 0 Å². The smallest absolute Gasteiger partial charge is 0.303 e. The first-order chi connectivity index (χ1) is 7.66. The van der Waals surface area contributed by atoms with Crippen molar-refractivity contribution in [2.24, 2.45) is 23.7 Å². The molecule has 0 amide bonds. The lowest BCUT2D eigenvalue weighted by atomic mass is 9.63. The summed E-state index contributed by atoms with van der Waals surface area (Å²) in [5.74, 6) is 2.68. The van der Waals surface area contributed by atoms with E-state index in [0.717, 1.165) is 24.2 Å². The monoisotopic (exact) mass is 224 g/mol. The van der Waals surface area contributed by atoms with Crippen LogP contribution in [0.3, 0.4) is 0 Å². The third-order valence-electron chi connectivity index (χ3n) is 4.88. The van der Waals surface area contributed by atoms with Crippen molar-refractivity contribution >= 4 is 5.97 Å². The number of aliphatic carboxylic acids is 1. The van der Waals surface area contributed by atoms with Gasteiger partial charge < -0.3 is 5.11 Å². The molecule has 16 heavy (non-hydrogen) atoms. The van der Waals surface area contributed by atoms with Crippen LogP contribution >= 0.6 is 0 Å². The molecule has 2 fully saturated rings. The SMILES string of the molecule is CC1CC2CCCCC2CC1CCC(=O)O. The Morgan fingerprint density at radius 3 is 2.44 bits per heavy atom. The fourth-order valence-corrected chi connectivity index (χ4v) is 3.91. The van der Waals surface area contributed by atoms with Crippen LogP contribution < -0.4 is 0 Å². The fourth-order valence-electron chi connectivity index (χ4n) is 3.91. The van der Waals surface area contributed by atoms with Crippen LogP contribution in [0.1, 0.15) is 58.3 Å². The van der Waals surface area contributed by atoms with E-state index in [1.165, 1.54) is 38.5 Å². The lowest BCUT2D eigenvalue weighted by molar-refractivity contribution is -0.137. The molecule has 0 aromatic carbocycles. The molecule has 0 bridgehead atoms. The molecule has 0 aliphatic heterocycles. The van der Waals surface area contributed by atoms with Gasteiger partial charge in [0.15, 0.2) is 0 Å². The molecule has 92 valence electrons. The summed E-state index contributed by atoms with van der Waals surface area (Å²) in [5, 5.41) is 8.76. The van der Waals surface area contributed by atoms with E-state index in [-0.39, 0.29) is 0 Å². The second-order valence-corrected chi connectivity index (χ2v) is 5.95. The topological polar surface area (TPSA) is 37.3 Å². The average Bonchev–Trinajstić information content (AvgIpc) is 2.26. The van der Waals surface area contributed by atoms with Gasteiger partial charge in [-0.1, -0.05) is 32.6 Å². The van der Waals surface area contributed by atoms with E-state index in [2.05, 4.69) is 6.92 Å². The zero-order valence-electron chi connectivity index (χ0n) is 10.3. The summed E-state index contributed by atoms with van der Waals surface area (Å²) in [6.45, 7) is 2.33. The second-order valence-electron chi connectivity index (χ2n) is 5.95. The van der Waals surface area contributed by atoms with Crippen LogP contribution in [0.15, 0.2) is 0 Å². The maximum Gasteiger partial charge on any atom is 0.303 e. The van der Waals surface area contributed by atoms with Gasteiger partial charge in [0, 0.05) is 6.42 Å². The van der Waals surface area contributed by atoms with Gasteiger partial charge >= 0.3 is 5.97 Å². The van der Waals surface area contributed by atoms with Crippen LogP contribution in [0.25, 0.3) is 0 Å². The molecular weight excluding hydrogens is 200 g/mol. The molecule has 0 aromatic rings. The van der Waals surface area contributed by atoms with E-state index in [4.69, 9.17) is 5.11 Å². The van der Waals surface area contributed by atoms with Gasteiger partial charge in [-0.25, -0.2) is 0 Å². The van der Waals surface area contributed by atoms with Gasteiger partial charge in [-0.2, -0.15) is 0 Å². The molecule has 0 spiro atoms. The maximum absolute atomic E-state index is 10.6. The lowest BCUT2D eigenvalue weighted by Gasteiger charge is -2.43. The largest absolute Gasteiger partial charge is 0.481 e. The van der Waals surface area contributed by atoms with Crippen molar-refractivity contribution in [3.8, 4) is 0 Å². The highest BCUT2D eigenvalue weighted by Gasteiger charge is 2.35. The number of carbonyl (C=O) groups is 1. The predicted molar refractivity (Wildman–Crippen MR) is 64.2 cm³/mol. The first-order valence-electron chi connectivity index (χ1n) is 6.88. The Labute approximate surface area is 98.4 Å². The first kappa shape index (κ1) is 11.9. The number of hydrogen-bond donors (Lipinski definition) is 1. The zero-order chi connectivity index (χ0) is 11.5. The molecule has 0 aromatic heterocycles. The molecule has 2 saturated carbocycles. The van der Waals surface area contributed by atoms with Crippen LogP contribution in [0, 0.1) is 23.7 Å². The molecule has 0 saturated heterocycles. The molecule has 1 N–H and O–H groups in total. The highest BCUT2D eigenvalue weighted by molar-refractivity contribution is 5.66. The van der Waals surface area contributed by atoms with Crippen molar-refractivity contribution in [3.05, 3.63) is 0 Å². The molecular formula is C14H24O2. The van der Waals surface area contributed by atoms with Gasteiger partial charge in [0.1, 0.15) is 0 Å². The van der Waals surface area contributed by atoms with Crippen LogP contribution in [-0.4, -0.2) is 11.1 Å². The average molecular weight is 224 g/mol. The Kier molecular flexibility index (Phi) is 3.88. The van der Waals surface area contributed by atoms with Crippen molar-refractivity contribution in [2.75, 3.05) is 0 Å². The van der Waals surface area contributed by atoms with E-state index in [9.17, 15) is 4.79 Å². The van der Waals surface area contributed by atoms with E-state index in [1.807, 2.05) is 0 Å². The summed E-state index contributed by atoms with van der Waals surface area (Å²) in [4.78, 5) is 10.6. The van der Waals surface area contributed by atoms with Gasteiger partial charge in [0.25, 0.3) is 0 Å². The van der Waals surface area contributed by atoms with Crippen molar-refractivity contribution in [1.82, 2.24) is 0 Å². The number of rotatable bonds is 3.